The molecule has 0 saturated heterocycles. The van der Waals surface area contributed by atoms with E-state index in [1.807, 2.05) is 19.9 Å². The lowest BCUT2D eigenvalue weighted by Crippen LogP contribution is -2.03. The van der Waals surface area contributed by atoms with E-state index in [0.717, 1.165) is 18.1 Å². The van der Waals surface area contributed by atoms with Crippen molar-refractivity contribution < 1.29 is 4.74 Å². The number of rotatable bonds is 5. The van der Waals surface area contributed by atoms with Crippen LogP contribution in [0.2, 0.25) is 0 Å². The minimum atomic E-state index is 0.400. The highest BCUT2D eigenvalue weighted by molar-refractivity contribution is 5.44. The molecule has 4 heteroatoms. The Morgan fingerprint density at radius 3 is 2.57 bits per heavy atom. The van der Waals surface area contributed by atoms with Gasteiger partial charge in [0.2, 0.25) is 5.88 Å². The SMILES string of the molecule is CCNc1cc(Oc2cc(C)ccc2C(C)C)nc(C)n1. The second kappa shape index (κ2) is 6.57. The summed E-state index contributed by atoms with van der Waals surface area (Å²) in [4.78, 5) is 8.71. The van der Waals surface area contributed by atoms with E-state index in [-0.39, 0.29) is 0 Å². The first-order valence-electron chi connectivity index (χ1n) is 7.37. The molecule has 0 bridgehead atoms. The summed E-state index contributed by atoms with van der Waals surface area (Å²) in [6, 6.07) is 8.12. The van der Waals surface area contributed by atoms with Gasteiger partial charge in [-0.05, 0) is 43.9 Å². The van der Waals surface area contributed by atoms with Gasteiger partial charge in [-0.3, -0.25) is 0 Å². The maximum atomic E-state index is 6.03. The summed E-state index contributed by atoms with van der Waals surface area (Å²) in [5, 5.41) is 3.19. The Hall–Kier alpha value is -2.10. The van der Waals surface area contributed by atoms with E-state index in [2.05, 4.69) is 54.3 Å². The van der Waals surface area contributed by atoms with Gasteiger partial charge in [0.25, 0.3) is 0 Å². The van der Waals surface area contributed by atoms with Crippen LogP contribution < -0.4 is 10.1 Å². The van der Waals surface area contributed by atoms with Gasteiger partial charge in [-0.15, -0.1) is 0 Å². The highest BCUT2D eigenvalue weighted by Gasteiger charge is 2.11. The van der Waals surface area contributed by atoms with Crippen molar-refractivity contribution in [2.24, 2.45) is 0 Å². The highest BCUT2D eigenvalue weighted by atomic mass is 16.5. The monoisotopic (exact) mass is 285 g/mol. The smallest absolute Gasteiger partial charge is 0.224 e. The number of nitrogens with zero attached hydrogens (tertiary/aromatic N) is 2. The molecule has 112 valence electrons. The number of aromatic nitrogens is 2. The first-order chi connectivity index (χ1) is 9.99. The molecule has 2 aromatic rings. The Bertz CT molecular complexity index is 623. The van der Waals surface area contributed by atoms with Gasteiger partial charge in [0.05, 0.1) is 0 Å². The quantitative estimate of drug-likeness (QED) is 0.882. The summed E-state index contributed by atoms with van der Waals surface area (Å²) in [5.41, 5.74) is 2.36. The van der Waals surface area contributed by atoms with Crippen LogP contribution in [0, 0.1) is 13.8 Å². The Labute approximate surface area is 126 Å². The molecule has 0 saturated carbocycles. The topological polar surface area (TPSA) is 47.0 Å². The summed E-state index contributed by atoms with van der Waals surface area (Å²) in [6.07, 6.45) is 0. The van der Waals surface area contributed by atoms with Gasteiger partial charge in [-0.2, -0.15) is 4.98 Å². The first-order valence-corrected chi connectivity index (χ1v) is 7.37. The van der Waals surface area contributed by atoms with Crippen molar-refractivity contribution in [2.75, 3.05) is 11.9 Å². The Morgan fingerprint density at radius 2 is 1.90 bits per heavy atom. The third-order valence-electron chi connectivity index (χ3n) is 3.18. The Kier molecular flexibility index (Phi) is 4.78. The van der Waals surface area contributed by atoms with Crippen LogP contribution in [0.4, 0.5) is 5.82 Å². The van der Waals surface area contributed by atoms with Gasteiger partial charge >= 0.3 is 0 Å². The third kappa shape index (κ3) is 3.94. The number of nitrogens with one attached hydrogen (secondary N) is 1. The van der Waals surface area contributed by atoms with Crippen LogP contribution in [0.1, 0.15) is 43.6 Å². The van der Waals surface area contributed by atoms with Crippen LogP contribution in [0.15, 0.2) is 24.3 Å². The summed E-state index contributed by atoms with van der Waals surface area (Å²) < 4.78 is 6.03. The lowest BCUT2D eigenvalue weighted by molar-refractivity contribution is 0.451. The second-order valence-corrected chi connectivity index (χ2v) is 5.47. The molecule has 0 atom stereocenters. The van der Waals surface area contributed by atoms with Crippen LogP contribution in [0.25, 0.3) is 0 Å². The average molecular weight is 285 g/mol. The highest BCUT2D eigenvalue weighted by Crippen LogP contribution is 2.31. The Morgan fingerprint density at radius 1 is 1.14 bits per heavy atom. The van der Waals surface area contributed by atoms with Crippen LogP contribution in [-0.4, -0.2) is 16.5 Å². The molecule has 1 aromatic carbocycles. The van der Waals surface area contributed by atoms with Crippen molar-refractivity contribution in [2.45, 2.75) is 40.5 Å². The number of ether oxygens (including phenoxy) is 1. The number of hydrogen-bond donors (Lipinski definition) is 1. The summed E-state index contributed by atoms with van der Waals surface area (Å²) in [6.45, 7) is 11.1. The van der Waals surface area contributed by atoms with Crippen LogP contribution >= 0.6 is 0 Å². The zero-order chi connectivity index (χ0) is 15.4. The molecule has 0 unspecified atom stereocenters. The zero-order valence-electron chi connectivity index (χ0n) is 13.4. The maximum Gasteiger partial charge on any atom is 0.224 e. The summed E-state index contributed by atoms with van der Waals surface area (Å²) in [5.74, 6) is 3.33. The lowest BCUT2D eigenvalue weighted by atomic mass is 10.0. The van der Waals surface area contributed by atoms with Gasteiger partial charge in [0.15, 0.2) is 0 Å². The molecule has 0 aliphatic heterocycles. The third-order valence-corrected chi connectivity index (χ3v) is 3.18. The van der Waals surface area contributed by atoms with Crippen molar-refractivity contribution in [3.63, 3.8) is 0 Å². The molecule has 21 heavy (non-hydrogen) atoms. The van der Waals surface area contributed by atoms with E-state index in [0.29, 0.717) is 17.6 Å². The summed E-state index contributed by atoms with van der Waals surface area (Å²) in [7, 11) is 0. The van der Waals surface area contributed by atoms with Gasteiger partial charge in [0.1, 0.15) is 17.4 Å². The fourth-order valence-corrected chi connectivity index (χ4v) is 2.18. The molecule has 0 amide bonds. The summed E-state index contributed by atoms with van der Waals surface area (Å²) >= 11 is 0. The molecule has 1 N–H and O–H groups in total. The standard InChI is InChI=1S/C17H23N3O/c1-6-18-16-10-17(20-13(5)19-16)21-15-9-12(4)7-8-14(15)11(2)3/h7-11H,6H2,1-5H3,(H,18,19,20). The lowest BCUT2D eigenvalue weighted by Gasteiger charge is -2.15. The van der Waals surface area contributed by atoms with E-state index in [1.165, 1.54) is 11.1 Å². The van der Waals surface area contributed by atoms with Gasteiger partial charge < -0.3 is 10.1 Å². The molecule has 0 fully saturated rings. The van der Waals surface area contributed by atoms with Crippen molar-refractivity contribution in [1.29, 1.82) is 0 Å². The minimum absolute atomic E-state index is 0.400. The van der Waals surface area contributed by atoms with Gasteiger partial charge in [0, 0.05) is 12.6 Å². The predicted octanol–water partition coefficient (Wildman–Crippen LogP) is 4.44. The molecule has 0 spiro atoms. The predicted molar refractivity (Wildman–Crippen MR) is 86.3 cm³/mol. The van der Waals surface area contributed by atoms with Crippen LogP contribution in [0.5, 0.6) is 11.6 Å². The molecule has 0 radical (unpaired) electrons. The van der Waals surface area contributed by atoms with Crippen LogP contribution in [-0.2, 0) is 0 Å². The fourth-order valence-electron chi connectivity index (χ4n) is 2.18. The maximum absolute atomic E-state index is 6.03. The van der Waals surface area contributed by atoms with Crippen molar-refractivity contribution in [3.8, 4) is 11.6 Å². The number of hydrogen-bond acceptors (Lipinski definition) is 4. The molecule has 1 aromatic heterocycles. The molecule has 0 aliphatic carbocycles. The molecule has 1 heterocycles. The molecular weight excluding hydrogens is 262 g/mol. The van der Waals surface area contributed by atoms with Crippen molar-refractivity contribution in [3.05, 3.63) is 41.2 Å². The van der Waals surface area contributed by atoms with E-state index >= 15 is 0 Å². The number of anilines is 1. The normalized spacial score (nSPS) is 10.8. The van der Waals surface area contributed by atoms with Crippen molar-refractivity contribution >= 4 is 5.82 Å². The van der Waals surface area contributed by atoms with Gasteiger partial charge in [-0.25, -0.2) is 4.98 Å². The first kappa shape index (κ1) is 15.3. The van der Waals surface area contributed by atoms with E-state index < -0.39 is 0 Å². The van der Waals surface area contributed by atoms with E-state index in [9.17, 15) is 0 Å². The molecule has 0 aliphatic rings. The largest absolute Gasteiger partial charge is 0.439 e. The van der Waals surface area contributed by atoms with Crippen molar-refractivity contribution in [1.82, 2.24) is 9.97 Å². The number of benzene rings is 1. The Balaban J connectivity index is 2.35. The minimum Gasteiger partial charge on any atom is -0.439 e. The second-order valence-electron chi connectivity index (χ2n) is 5.47. The molecule has 2 rings (SSSR count). The fraction of sp³-hybridized carbons (Fsp3) is 0.412. The van der Waals surface area contributed by atoms with Gasteiger partial charge in [-0.1, -0.05) is 26.0 Å². The molecule has 4 nitrogen and oxygen atoms in total. The molecular formula is C17H23N3O. The van der Waals surface area contributed by atoms with E-state index in [1.54, 1.807) is 0 Å². The average Bonchev–Trinajstić information content (AvgIpc) is 2.38. The zero-order valence-corrected chi connectivity index (χ0v) is 13.4. The van der Waals surface area contributed by atoms with Crippen LogP contribution in [0.3, 0.4) is 0 Å². The number of aryl methyl sites for hydroxylation is 2. The van der Waals surface area contributed by atoms with E-state index in [4.69, 9.17) is 4.74 Å².